The van der Waals surface area contributed by atoms with Crippen molar-refractivity contribution in [1.29, 1.82) is 0 Å². The number of imidazole rings is 1. The molecule has 2 amide bonds. The molecule has 1 aliphatic heterocycles. The maximum Gasteiger partial charge on any atom is 0.317 e. The molecular weight excluding hydrogens is 302 g/mol. The lowest BCUT2D eigenvalue weighted by Gasteiger charge is -2.36. The molecule has 2 aromatic rings. The average molecular weight is 325 g/mol. The lowest BCUT2D eigenvalue weighted by atomic mass is 10.3. The molecule has 0 unspecified atom stereocenters. The highest BCUT2D eigenvalue weighted by atomic mass is 16.2. The molecule has 2 fully saturated rings. The van der Waals surface area contributed by atoms with E-state index in [0.29, 0.717) is 12.5 Å². The van der Waals surface area contributed by atoms with Crippen LogP contribution in [0, 0.1) is 0 Å². The maximum atomic E-state index is 12.0. The molecule has 1 saturated heterocycles. The Morgan fingerprint density at radius 3 is 2.75 bits per heavy atom. The van der Waals surface area contributed by atoms with E-state index in [1.165, 1.54) is 24.2 Å². The van der Waals surface area contributed by atoms with E-state index in [9.17, 15) is 4.79 Å². The SMILES string of the molecule is C=CCNC(=O)N1CCN(c2ccc3nc(C4CC4)cn3c2)CC1. The van der Waals surface area contributed by atoms with E-state index in [0.717, 1.165) is 31.8 Å². The van der Waals surface area contributed by atoms with Gasteiger partial charge in [0.25, 0.3) is 0 Å². The van der Waals surface area contributed by atoms with Crippen LogP contribution in [0.5, 0.6) is 0 Å². The molecule has 6 nitrogen and oxygen atoms in total. The summed E-state index contributed by atoms with van der Waals surface area (Å²) in [5.74, 6) is 0.672. The molecule has 1 N–H and O–H groups in total. The topological polar surface area (TPSA) is 52.9 Å². The first-order chi connectivity index (χ1) is 11.7. The molecule has 2 aliphatic rings. The second kappa shape index (κ2) is 6.19. The second-order valence-electron chi connectivity index (χ2n) is 6.54. The van der Waals surface area contributed by atoms with Gasteiger partial charge in [0, 0.05) is 51.0 Å². The number of rotatable bonds is 4. The number of aromatic nitrogens is 2. The molecular formula is C18H23N5O. The normalized spacial score (nSPS) is 18.0. The van der Waals surface area contributed by atoms with Gasteiger partial charge in [-0.1, -0.05) is 6.08 Å². The third-order valence-electron chi connectivity index (χ3n) is 4.78. The minimum atomic E-state index is -0.00585. The Morgan fingerprint density at radius 2 is 2.04 bits per heavy atom. The lowest BCUT2D eigenvalue weighted by molar-refractivity contribution is 0.195. The summed E-state index contributed by atoms with van der Waals surface area (Å²) in [5, 5.41) is 2.84. The Labute approximate surface area is 141 Å². The molecule has 1 saturated carbocycles. The van der Waals surface area contributed by atoms with Gasteiger partial charge in [-0.2, -0.15) is 0 Å². The predicted octanol–water partition coefficient (Wildman–Crippen LogP) is 2.23. The number of amides is 2. The standard InChI is InChI=1S/C18H23N5O/c1-2-7-19-18(24)22-10-8-21(9-11-22)15-5-6-17-20-16(14-3-4-14)13-23(17)12-15/h2,5-6,12-14H,1,3-4,7-11H2,(H,19,24). The van der Waals surface area contributed by atoms with Crippen molar-refractivity contribution in [2.45, 2.75) is 18.8 Å². The van der Waals surface area contributed by atoms with Crippen molar-refractivity contribution in [3.05, 3.63) is 42.9 Å². The monoisotopic (exact) mass is 325 g/mol. The minimum absolute atomic E-state index is 0.00585. The molecule has 3 heterocycles. The van der Waals surface area contributed by atoms with Gasteiger partial charge in [-0.15, -0.1) is 6.58 Å². The summed E-state index contributed by atoms with van der Waals surface area (Å²) in [6.45, 7) is 7.29. The van der Waals surface area contributed by atoms with Gasteiger partial charge in [-0.3, -0.25) is 0 Å². The fourth-order valence-corrected chi connectivity index (χ4v) is 3.20. The van der Waals surface area contributed by atoms with Crippen LogP contribution >= 0.6 is 0 Å². The highest BCUT2D eigenvalue weighted by Gasteiger charge is 2.26. The summed E-state index contributed by atoms with van der Waals surface area (Å²) in [4.78, 5) is 20.9. The molecule has 0 spiro atoms. The van der Waals surface area contributed by atoms with Crippen LogP contribution in [0.2, 0.25) is 0 Å². The quantitative estimate of drug-likeness (QED) is 0.877. The Kier molecular flexibility index (Phi) is 3.88. The van der Waals surface area contributed by atoms with Crippen molar-refractivity contribution in [2.24, 2.45) is 0 Å². The number of carbonyl (C=O) groups is 1. The Balaban J connectivity index is 1.42. The van der Waals surface area contributed by atoms with Gasteiger partial charge in [0.05, 0.1) is 11.4 Å². The number of pyridine rings is 1. The molecule has 0 aromatic carbocycles. The average Bonchev–Trinajstić information content (AvgIpc) is 3.38. The first-order valence-electron chi connectivity index (χ1n) is 8.62. The van der Waals surface area contributed by atoms with Gasteiger partial charge in [-0.05, 0) is 25.0 Å². The first kappa shape index (κ1) is 15.1. The van der Waals surface area contributed by atoms with Crippen molar-refractivity contribution in [2.75, 3.05) is 37.6 Å². The summed E-state index contributed by atoms with van der Waals surface area (Å²) < 4.78 is 2.13. The number of nitrogens with zero attached hydrogens (tertiary/aromatic N) is 4. The van der Waals surface area contributed by atoms with Crippen molar-refractivity contribution in [3.8, 4) is 0 Å². The van der Waals surface area contributed by atoms with Gasteiger partial charge < -0.3 is 19.5 Å². The smallest absolute Gasteiger partial charge is 0.317 e. The fraction of sp³-hybridized carbons (Fsp3) is 0.444. The highest BCUT2D eigenvalue weighted by molar-refractivity contribution is 5.74. The van der Waals surface area contributed by atoms with E-state index in [1.54, 1.807) is 6.08 Å². The van der Waals surface area contributed by atoms with Gasteiger partial charge in [0.15, 0.2) is 0 Å². The molecule has 0 radical (unpaired) electrons. The number of carbonyl (C=O) groups excluding carboxylic acids is 1. The molecule has 126 valence electrons. The first-order valence-corrected chi connectivity index (χ1v) is 8.62. The summed E-state index contributed by atoms with van der Waals surface area (Å²) >= 11 is 0. The molecule has 1 aliphatic carbocycles. The molecule has 6 heteroatoms. The lowest BCUT2D eigenvalue weighted by Crippen LogP contribution is -2.51. The zero-order chi connectivity index (χ0) is 16.5. The number of fused-ring (bicyclic) bond motifs is 1. The number of hydrogen-bond donors (Lipinski definition) is 1. The van der Waals surface area contributed by atoms with E-state index in [-0.39, 0.29) is 6.03 Å². The fourth-order valence-electron chi connectivity index (χ4n) is 3.20. The van der Waals surface area contributed by atoms with Crippen molar-refractivity contribution in [1.82, 2.24) is 19.6 Å². The molecule has 0 bridgehead atoms. The second-order valence-corrected chi connectivity index (χ2v) is 6.54. The van der Waals surface area contributed by atoms with Gasteiger partial charge >= 0.3 is 6.03 Å². The van der Waals surface area contributed by atoms with Crippen LogP contribution < -0.4 is 10.2 Å². The number of anilines is 1. The molecule has 4 rings (SSSR count). The van der Waals surface area contributed by atoms with Crippen LogP contribution in [-0.2, 0) is 0 Å². The molecule has 0 atom stereocenters. The molecule has 24 heavy (non-hydrogen) atoms. The summed E-state index contributed by atoms with van der Waals surface area (Å²) in [6.07, 6.45) is 8.56. The van der Waals surface area contributed by atoms with Crippen LogP contribution in [0.3, 0.4) is 0 Å². The Hall–Kier alpha value is -2.50. The Bertz CT molecular complexity index is 756. The van der Waals surface area contributed by atoms with Crippen molar-refractivity contribution >= 4 is 17.4 Å². The molecule has 2 aromatic heterocycles. The minimum Gasteiger partial charge on any atom is -0.367 e. The summed E-state index contributed by atoms with van der Waals surface area (Å²) in [5.41, 5.74) is 3.42. The van der Waals surface area contributed by atoms with Crippen molar-refractivity contribution in [3.63, 3.8) is 0 Å². The van der Waals surface area contributed by atoms with Crippen LogP contribution in [0.25, 0.3) is 5.65 Å². The summed E-state index contributed by atoms with van der Waals surface area (Å²) in [7, 11) is 0. The van der Waals surface area contributed by atoms with Gasteiger partial charge in [0.2, 0.25) is 0 Å². The Morgan fingerprint density at radius 1 is 1.25 bits per heavy atom. The van der Waals surface area contributed by atoms with Crippen LogP contribution in [0.4, 0.5) is 10.5 Å². The third-order valence-corrected chi connectivity index (χ3v) is 4.78. The largest absolute Gasteiger partial charge is 0.367 e. The highest BCUT2D eigenvalue weighted by Crippen LogP contribution is 2.39. The van der Waals surface area contributed by atoms with E-state index >= 15 is 0 Å². The summed E-state index contributed by atoms with van der Waals surface area (Å²) in [6, 6.07) is 4.21. The third kappa shape index (κ3) is 2.96. The van der Waals surface area contributed by atoms with Crippen LogP contribution in [-0.4, -0.2) is 53.0 Å². The number of piperazine rings is 1. The van der Waals surface area contributed by atoms with E-state index < -0.39 is 0 Å². The van der Waals surface area contributed by atoms with E-state index in [2.05, 4.69) is 45.7 Å². The number of hydrogen-bond acceptors (Lipinski definition) is 3. The van der Waals surface area contributed by atoms with Crippen molar-refractivity contribution < 1.29 is 4.79 Å². The zero-order valence-corrected chi connectivity index (χ0v) is 13.8. The van der Waals surface area contributed by atoms with Crippen LogP contribution in [0.1, 0.15) is 24.5 Å². The predicted molar refractivity (Wildman–Crippen MR) is 94.5 cm³/mol. The number of urea groups is 1. The van der Waals surface area contributed by atoms with Gasteiger partial charge in [-0.25, -0.2) is 9.78 Å². The number of nitrogens with one attached hydrogen (secondary N) is 1. The zero-order valence-electron chi connectivity index (χ0n) is 13.8. The maximum absolute atomic E-state index is 12.0. The van der Waals surface area contributed by atoms with Gasteiger partial charge in [0.1, 0.15) is 5.65 Å². The van der Waals surface area contributed by atoms with E-state index in [1.807, 2.05) is 4.90 Å². The van der Waals surface area contributed by atoms with E-state index in [4.69, 9.17) is 4.98 Å². The van der Waals surface area contributed by atoms with Crippen LogP contribution in [0.15, 0.2) is 37.2 Å².